The van der Waals surface area contributed by atoms with Crippen LogP contribution < -0.4 is 0 Å². The molecule has 1 rings (SSSR count). The summed E-state index contributed by atoms with van der Waals surface area (Å²) >= 11 is 2.12. The van der Waals surface area contributed by atoms with Gasteiger partial charge in [0.2, 0.25) is 5.91 Å². The quantitative estimate of drug-likeness (QED) is 0.536. The van der Waals surface area contributed by atoms with Crippen molar-refractivity contribution < 1.29 is 4.79 Å². The van der Waals surface area contributed by atoms with E-state index < -0.39 is 0 Å². The Balaban J connectivity index is 3.16. The van der Waals surface area contributed by atoms with Crippen LogP contribution in [0.4, 0.5) is 0 Å². The fourth-order valence-corrected chi connectivity index (χ4v) is 2.81. The highest BCUT2D eigenvalue weighted by Gasteiger charge is 2.35. The van der Waals surface area contributed by atoms with Gasteiger partial charge in [-0.15, -0.1) is 0 Å². The molecule has 3 heteroatoms. The van der Waals surface area contributed by atoms with Gasteiger partial charge in [0.1, 0.15) is 0 Å². The SMILES string of the molecule is CC(C)C1=C(C(C)(C)C)CC(=O)N1I. The van der Waals surface area contributed by atoms with Crippen LogP contribution in [0.1, 0.15) is 41.0 Å². The van der Waals surface area contributed by atoms with Gasteiger partial charge in [0.15, 0.2) is 0 Å². The summed E-state index contributed by atoms with van der Waals surface area (Å²) in [6.07, 6.45) is 0.597. The lowest BCUT2D eigenvalue weighted by Gasteiger charge is -2.24. The minimum Gasteiger partial charge on any atom is -0.273 e. The third-order valence-electron chi connectivity index (χ3n) is 2.52. The number of halogens is 1. The van der Waals surface area contributed by atoms with E-state index in [4.69, 9.17) is 0 Å². The summed E-state index contributed by atoms with van der Waals surface area (Å²) in [5.74, 6) is 0.645. The van der Waals surface area contributed by atoms with Crippen LogP contribution in [-0.2, 0) is 4.79 Å². The minimum atomic E-state index is 0.106. The molecule has 2 nitrogen and oxygen atoms in total. The fraction of sp³-hybridized carbons (Fsp3) is 0.727. The molecule has 80 valence electrons. The lowest BCUT2D eigenvalue weighted by molar-refractivity contribution is -0.122. The Bertz CT molecular complexity index is 286. The van der Waals surface area contributed by atoms with Gasteiger partial charge in [-0.05, 0) is 16.9 Å². The van der Waals surface area contributed by atoms with E-state index in [1.165, 1.54) is 11.3 Å². The summed E-state index contributed by atoms with van der Waals surface area (Å²) in [4.78, 5) is 11.6. The second-order valence-electron chi connectivity index (χ2n) is 5.12. The number of rotatable bonds is 1. The van der Waals surface area contributed by atoms with Gasteiger partial charge in [-0.2, -0.15) is 0 Å². The van der Waals surface area contributed by atoms with Gasteiger partial charge in [0, 0.05) is 5.70 Å². The predicted octanol–water partition coefficient (Wildman–Crippen LogP) is 3.52. The number of hydrogen-bond donors (Lipinski definition) is 0. The standard InChI is InChI=1S/C11H18INO/c1-7(2)10-8(11(3,4)5)6-9(14)13(10)12/h7H,6H2,1-5H3. The van der Waals surface area contributed by atoms with Crippen molar-refractivity contribution >= 4 is 28.8 Å². The van der Waals surface area contributed by atoms with Crippen molar-refractivity contribution in [3.63, 3.8) is 0 Å². The molecule has 0 radical (unpaired) electrons. The van der Waals surface area contributed by atoms with Gasteiger partial charge in [-0.3, -0.25) is 7.91 Å². The first kappa shape index (κ1) is 12.0. The van der Waals surface area contributed by atoms with Gasteiger partial charge in [0.25, 0.3) is 0 Å². The molecule has 0 aliphatic carbocycles. The molecular formula is C11H18INO. The van der Waals surface area contributed by atoms with Crippen molar-refractivity contribution in [2.24, 2.45) is 11.3 Å². The summed E-state index contributed by atoms with van der Waals surface area (Å²) in [7, 11) is 0. The Morgan fingerprint density at radius 3 is 2.14 bits per heavy atom. The number of hydrogen-bond acceptors (Lipinski definition) is 1. The summed E-state index contributed by atoms with van der Waals surface area (Å²) in [5, 5.41) is 0. The highest BCUT2D eigenvalue weighted by atomic mass is 127. The Labute approximate surface area is 100 Å². The largest absolute Gasteiger partial charge is 0.273 e. The number of carbonyl (C=O) groups is 1. The molecule has 0 spiro atoms. The Hall–Kier alpha value is -0.0600. The van der Waals surface area contributed by atoms with Crippen LogP contribution in [-0.4, -0.2) is 9.02 Å². The smallest absolute Gasteiger partial charge is 0.239 e. The first-order valence-electron chi connectivity index (χ1n) is 4.97. The zero-order chi connectivity index (χ0) is 11.1. The number of nitrogens with zero attached hydrogens (tertiary/aromatic N) is 1. The van der Waals surface area contributed by atoms with Gasteiger partial charge in [-0.25, -0.2) is 0 Å². The molecule has 0 N–H and O–H groups in total. The van der Waals surface area contributed by atoms with Gasteiger partial charge < -0.3 is 0 Å². The molecule has 1 heterocycles. The average Bonchev–Trinajstić information content (AvgIpc) is 2.27. The molecule has 0 aromatic carbocycles. The zero-order valence-electron chi connectivity index (χ0n) is 9.52. The molecule has 1 aliphatic rings. The van der Waals surface area contributed by atoms with Crippen LogP contribution in [0.5, 0.6) is 0 Å². The Kier molecular flexibility index (Phi) is 3.29. The van der Waals surface area contributed by atoms with Gasteiger partial charge in [-0.1, -0.05) is 34.6 Å². The molecule has 14 heavy (non-hydrogen) atoms. The van der Waals surface area contributed by atoms with Crippen LogP contribution in [0.2, 0.25) is 0 Å². The van der Waals surface area contributed by atoms with Crippen LogP contribution in [0, 0.1) is 11.3 Å². The maximum Gasteiger partial charge on any atom is 0.239 e. The highest BCUT2D eigenvalue weighted by Crippen LogP contribution is 2.41. The van der Waals surface area contributed by atoms with E-state index >= 15 is 0 Å². The Morgan fingerprint density at radius 1 is 1.36 bits per heavy atom. The predicted molar refractivity (Wildman–Crippen MR) is 66.8 cm³/mol. The van der Waals surface area contributed by atoms with E-state index in [0.29, 0.717) is 12.3 Å². The van der Waals surface area contributed by atoms with Gasteiger partial charge in [0.05, 0.1) is 29.3 Å². The molecule has 0 aromatic rings. The van der Waals surface area contributed by atoms with Crippen LogP contribution in [0.25, 0.3) is 0 Å². The van der Waals surface area contributed by atoms with Crippen LogP contribution in [0.15, 0.2) is 11.3 Å². The summed E-state index contributed by atoms with van der Waals surface area (Å²) in [6, 6.07) is 0. The number of carbonyl (C=O) groups excluding carboxylic acids is 1. The lowest BCUT2D eigenvalue weighted by atomic mass is 9.83. The Morgan fingerprint density at radius 2 is 1.86 bits per heavy atom. The molecule has 0 atom stereocenters. The van der Waals surface area contributed by atoms with Crippen molar-refractivity contribution in [2.75, 3.05) is 0 Å². The van der Waals surface area contributed by atoms with Crippen LogP contribution in [0.3, 0.4) is 0 Å². The maximum absolute atomic E-state index is 11.6. The minimum absolute atomic E-state index is 0.106. The lowest BCUT2D eigenvalue weighted by Crippen LogP contribution is -2.16. The van der Waals surface area contributed by atoms with Crippen molar-refractivity contribution in [1.29, 1.82) is 0 Å². The average molecular weight is 307 g/mol. The molecular weight excluding hydrogens is 289 g/mol. The molecule has 0 bridgehead atoms. The van der Waals surface area contributed by atoms with Crippen LogP contribution >= 0.6 is 22.9 Å². The zero-order valence-corrected chi connectivity index (χ0v) is 11.7. The second-order valence-corrected chi connectivity index (χ2v) is 6.08. The van der Waals surface area contributed by atoms with Gasteiger partial charge >= 0.3 is 0 Å². The third kappa shape index (κ3) is 2.12. The first-order chi connectivity index (χ1) is 6.25. The van der Waals surface area contributed by atoms with E-state index in [1.54, 1.807) is 3.11 Å². The highest BCUT2D eigenvalue weighted by molar-refractivity contribution is 14.1. The molecule has 0 saturated heterocycles. The molecule has 0 unspecified atom stereocenters. The molecule has 1 aliphatic heterocycles. The van der Waals surface area contributed by atoms with E-state index in [1.807, 2.05) is 0 Å². The monoisotopic (exact) mass is 307 g/mol. The summed E-state index contributed by atoms with van der Waals surface area (Å²) in [5.41, 5.74) is 2.62. The van der Waals surface area contributed by atoms with Crippen molar-refractivity contribution in [2.45, 2.75) is 41.0 Å². The number of amides is 1. The van der Waals surface area contributed by atoms with E-state index in [-0.39, 0.29) is 11.3 Å². The fourth-order valence-electron chi connectivity index (χ4n) is 1.79. The van der Waals surface area contributed by atoms with Crippen molar-refractivity contribution in [3.8, 4) is 0 Å². The molecule has 1 amide bonds. The van der Waals surface area contributed by atoms with E-state index in [0.717, 1.165) is 0 Å². The number of allylic oxidation sites excluding steroid dienone is 1. The van der Waals surface area contributed by atoms with E-state index in [2.05, 4.69) is 57.5 Å². The maximum atomic E-state index is 11.6. The third-order valence-corrected chi connectivity index (χ3v) is 3.58. The molecule has 0 aromatic heterocycles. The molecule has 0 saturated carbocycles. The topological polar surface area (TPSA) is 20.3 Å². The summed E-state index contributed by atoms with van der Waals surface area (Å²) < 4.78 is 1.79. The second kappa shape index (κ2) is 3.83. The first-order valence-corrected chi connectivity index (χ1v) is 5.94. The van der Waals surface area contributed by atoms with Crippen molar-refractivity contribution in [3.05, 3.63) is 11.3 Å². The summed E-state index contributed by atoms with van der Waals surface area (Å²) in [6.45, 7) is 10.8. The van der Waals surface area contributed by atoms with Crippen molar-refractivity contribution in [1.82, 2.24) is 3.11 Å². The molecule has 0 fully saturated rings. The normalized spacial score (nSPS) is 18.8. The van der Waals surface area contributed by atoms with E-state index in [9.17, 15) is 4.79 Å².